The summed E-state index contributed by atoms with van der Waals surface area (Å²) >= 11 is 0. The third kappa shape index (κ3) is 3.61. The van der Waals surface area contributed by atoms with Crippen molar-refractivity contribution in [2.24, 2.45) is 23.2 Å². The molecule has 2 rings (SSSR count). The van der Waals surface area contributed by atoms with Gasteiger partial charge in [0.05, 0.1) is 12.5 Å². The fourth-order valence-electron chi connectivity index (χ4n) is 3.08. The van der Waals surface area contributed by atoms with Gasteiger partial charge in [0.15, 0.2) is 0 Å². The molecule has 19 heavy (non-hydrogen) atoms. The van der Waals surface area contributed by atoms with Crippen LogP contribution < -0.4 is 0 Å². The zero-order chi connectivity index (χ0) is 14.0. The summed E-state index contributed by atoms with van der Waals surface area (Å²) in [6.45, 7) is 9.53. The molecular weight excluding hydrogens is 236 g/mol. The van der Waals surface area contributed by atoms with Crippen LogP contribution in [0.15, 0.2) is 11.6 Å². The van der Waals surface area contributed by atoms with Crippen molar-refractivity contribution in [3.8, 4) is 0 Å². The maximum Gasteiger partial charge on any atom is 0.308 e. The Bertz CT molecular complexity index is 363. The van der Waals surface area contributed by atoms with E-state index in [2.05, 4.69) is 33.8 Å². The van der Waals surface area contributed by atoms with Crippen LogP contribution in [0, 0.1) is 23.2 Å². The number of esters is 1. The van der Waals surface area contributed by atoms with Crippen molar-refractivity contribution < 1.29 is 9.53 Å². The summed E-state index contributed by atoms with van der Waals surface area (Å²) in [7, 11) is 0. The van der Waals surface area contributed by atoms with E-state index in [0.29, 0.717) is 12.5 Å². The summed E-state index contributed by atoms with van der Waals surface area (Å²) in [6, 6.07) is 0. The van der Waals surface area contributed by atoms with E-state index in [1.54, 1.807) is 0 Å². The molecule has 3 atom stereocenters. The number of rotatable bonds is 6. The van der Waals surface area contributed by atoms with Gasteiger partial charge in [-0.2, -0.15) is 0 Å². The van der Waals surface area contributed by atoms with E-state index in [0.717, 1.165) is 25.2 Å². The van der Waals surface area contributed by atoms with Crippen LogP contribution in [-0.2, 0) is 9.53 Å². The molecule has 0 saturated heterocycles. The summed E-state index contributed by atoms with van der Waals surface area (Å²) in [6.07, 6.45) is 7.96. The monoisotopic (exact) mass is 264 g/mol. The van der Waals surface area contributed by atoms with Gasteiger partial charge in [-0.05, 0) is 51.4 Å². The number of carbonyl (C=O) groups excluding carboxylic acids is 1. The topological polar surface area (TPSA) is 26.3 Å². The van der Waals surface area contributed by atoms with E-state index < -0.39 is 0 Å². The van der Waals surface area contributed by atoms with Gasteiger partial charge in [0.1, 0.15) is 0 Å². The van der Waals surface area contributed by atoms with Crippen molar-refractivity contribution >= 4 is 5.97 Å². The van der Waals surface area contributed by atoms with Gasteiger partial charge in [0, 0.05) is 5.41 Å². The molecule has 0 aromatic rings. The Morgan fingerprint density at radius 1 is 1.42 bits per heavy atom. The smallest absolute Gasteiger partial charge is 0.308 e. The molecule has 0 heterocycles. The van der Waals surface area contributed by atoms with Gasteiger partial charge in [-0.3, -0.25) is 4.79 Å². The van der Waals surface area contributed by atoms with E-state index in [1.807, 2.05) is 0 Å². The summed E-state index contributed by atoms with van der Waals surface area (Å²) in [5, 5.41) is 0. The van der Waals surface area contributed by atoms with Crippen LogP contribution in [-0.4, -0.2) is 12.6 Å². The van der Waals surface area contributed by atoms with Gasteiger partial charge in [0.2, 0.25) is 0 Å². The first-order valence-electron chi connectivity index (χ1n) is 7.72. The Hall–Kier alpha value is -0.790. The normalized spacial score (nSPS) is 31.3. The van der Waals surface area contributed by atoms with E-state index in [-0.39, 0.29) is 17.3 Å². The molecule has 2 fully saturated rings. The molecule has 2 nitrogen and oxygen atoms in total. The Labute approximate surface area is 117 Å². The van der Waals surface area contributed by atoms with E-state index in [1.165, 1.54) is 18.4 Å². The number of hydrogen-bond donors (Lipinski definition) is 0. The van der Waals surface area contributed by atoms with Crippen LogP contribution >= 0.6 is 0 Å². The van der Waals surface area contributed by atoms with Gasteiger partial charge in [-0.1, -0.05) is 31.9 Å². The predicted molar refractivity (Wildman–Crippen MR) is 77.7 cm³/mol. The van der Waals surface area contributed by atoms with Gasteiger partial charge < -0.3 is 4.74 Å². The molecule has 0 N–H and O–H groups in total. The number of allylic oxidation sites excluding steroid dienone is 2. The third-order valence-corrected chi connectivity index (χ3v) is 4.99. The van der Waals surface area contributed by atoms with E-state index in [9.17, 15) is 4.79 Å². The van der Waals surface area contributed by atoms with Crippen LogP contribution in [0.1, 0.15) is 59.8 Å². The molecule has 0 aromatic heterocycles. The van der Waals surface area contributed by atoms with Gasteiger partial charge >= 0.3 is 5.97 Å². The minimum atomic E-state index is 0.0510. The molecule has 0 aromatic carbocycles. The fraction of sp³-hybridized carbons (Fsp3) is 0.824. The lowest BCUT2D eigenvalue weighted by atomic mass is 9.85. The van der Waals surface area contributed by atoms with Crippen molar-refractivity contribution in [2.45, 2.75) is 59.8 Å². The van der Waals surface area contributed by atoms with Crippen molar-refractivity contribution in [1.82, 2.24) is 0 Å². The second kappa shape index (κ2) is 5.68. The second-order valence-corrected chi connectivity index (χ2v) is 7.19. The molecule has 2 heteroatoms. The van der Waals surface area contributed by atoms with E-state index >= 15 is 0 Å². The van der Waals surface area contributed by atoms with Crippen molar-refractivity contribution in [2.75, 3.05) is 6.61 Å². The standard InChI is InChI=1S/C17H28O2/c1-12(2)8-9-13(3)15-10-17(15,4)11-19-16(18)14-6-5-7-14/h8,13-15H,5-7,9-11H2,1-4H3/t13-,15-,17-/m1/s1. The first kappa shape index (κ1) is 14.6. The maximum absolute atomic E-state index is 11.8. The Kier molecular flexibility index (Phi) is 4.37. The highest BCUT2D eigenvalue weighted by atomic mass is 16.5. The molecule has 0 amide bonds. The Morgan fingerprint density at radius 2 is 2.11 bits per heavy atom. The molecular formula is C17H28O2. The summed E-state index contributed by atoms with van der Waals surface area (Å²) in [5.41, 5.74) is 1.64. The molecule has 0 bridgehead atoms. The lowest BCUT2D eigenvalue weighted by Crippen LogP contribution is -2.26. The first-order chi connectivity index (χ1) is 8.92. The minimum absolute atomic E-state index is 0.0510. The maximum atomic E-state index is 11.8. The van der Waals surface area contributed by atoms with Gasteiger partial charge in [-0.15, -0.1) is 0 Å². The predicted octanol–water partition coefficient (Wildman–Crippen LogP) is 4.35. The zero-order valence-electron chi connectivity index (χ0n) is 12.9. The number of hydrogen-bond acceptors (Lipinski definition) is 2. The average Bonchev–Trinajstić information content (AvgIpc) is 2.94. The Morgan fingerprint density at radius 3 is 2.63 bits per heavy atom. The number of ether oxygens (including phenoxy) is 1. The van der Waals surface area contributed by atoms with Crippen molar-refractivity contribution in [1.29, 1.82) is 0 Å². The zero-order valence-corrected chi connectivity index (χ0v) is 12.9. The lowest BCUT2D eigenvalue weighted by molar-refractivity contribution is -0.153. The van der Waals surface area contributed by atoms with Crippen molar-refractivity contribution in [3.05, 3.63) is 11.6 Å². The fourth-order valence-corrected chi connectivity index (χ4v) is 3.08. The quantitative estimate of drug-likeness (QED) is 0.526. The molecule has 0 spiro atoms. The molecule has 2 aliphatic rings. The number of carbonyl (C=O) groups is 1. The third-order valence-electron chi connectivity index (χ3n) is 4.99. The van der Waals surface area contributed by atoms with Crippen molar-refractivity contribution in [3.63, 3.8) is 0 Å². The van der Waals surface area contributed by atoms with Gasteiger partial charge in [0.25, 0.3) is 0 Å². The van der Waals surface area contributed by atoms with Crippen LogP contribution in [0.2, 0.25) is 0 Å². The molecule has 108 valence electrons. The van der Waals surface area contributed by atoms with Crippen LogP contribution in [0.25, 0.3) is 0 Å². The average molecular weight is 264 g/mol. The summed E-state index contributed by atoms with van der Waals surface area (Å²) in [5.74, 6) is 1.68. The highest BCUT2D eigenvalue weighted by Gasteiger charge is 2.53. The largest absolute Gasteiger partial charge is 0.465 e. The van der Waals surface area contributed by atoms with E-state index in [4.69, 9.17) is 4.74 Å². The van der Waals surface area contributed by atoms with Crippen LogP contribution in [0.4, 0.5) is 0 Å². The van der Waals surface area contributed by atoms with Gasteiger partial charge in [-0.25, -0.2) is 0 Å². The van der Waals surface area contributed by atoms with Crippen LogP contribution in [0.3, 0.4) is 0 Å². The highest BCUT2D eigenvalue weighted by molar-refractivity contribution is 5.73. The minimum Gasteiger partial charge on any atom is -0.465 e. The second-order valence-electron chi connectivity index (χ2n) is 7.19. The summed E-state index contributed by atoms with van der Waals surface area (Å²) < 4.78 is 5.52. The molecule has 2 saturated carbocycles. The Balaban J connectivity index is 1.72. The lowest BCUT2D eigenvalue weighted by Gasteiger charge is -2.24. The molecule has 0 radical (unpaired) electrons. The molecule has 0 aliphatic heterocycles. The molecule has 2 aliphatic carbocycles. The molecule has 0 unspecified atom stereocenters. The summed E-state index contributed by atoms with van der Waals surface area (Å²) in [4.78, 5) is 11.8. The first-order valence-corrected chi connectivity index (χ1v) is 7.72. The SMILES string of the molecule is CC(C)=CC[C@@H](C)[C@H]1C[C@]1(C)COC(=O)C1CCC1. The van der Waals surface area contributed by atoms with Crippen LogP contribution in [0.5, 0.6) is 0 Å². The highest BCUT2D eigenvalue weighted by Crippen LogP contribution is 2.57.